The van der Waals surface area contributed by atoms with Crippen molar-refractivity contribution in [3.8, 4) is 0 Å². The van der Waals surface area contributed by atoms with E-state index in [-0.39, 0.29) is 6.42 Å². The molecule has 39 heavy (non-hydrogen) atoms. The standard InChI is InChI=1S/C5H7F3.C3H4F4O2.C3H4F4O.C3H5F.C2H2F4.CH2F2O/c1-2-3-4-5(6,7)8;4-3(5,6)1-8-2-9-7;4-2-8-1-3(5,6)7;1-2-3-4;3-1-2(4,5)6;2-1-4-3/h2H,1,3-4H2;1-2H2;1-2H2;2H,1,3H2;1H2;1H2. The number of ether oxygens (including phenoxy) is 2. The average molecular weight is 634 g/mol. The summed E-state index contributed by atoms with van der Waals surface area (Å²) in [6.45, 7) is -3.10. The zero-order valence-electron chi connectivity index (χ0n) is 19.4. The highest BCUT2D eigenvalue weighted by Crippen LogP contribution is 2.21. The molecule has 0 aliphatic heterocycles. The van der Waals surface area contributed by atoms with Crippen molar-refractivity contribution in [3.63, 3.8) is 0 Å². The second-order valence-corrected chi connectivity index (χ2v) is 5.12. The fourth-order valence-electron chi connectivity index (χ4n) is 0.609. The minimum Gasteiger partial charge on any atom is -0.342 e. The van der Waals surface area contributed by atoms with E-state index in [1.165, 1.54) is 12.2 Å². The Morgan fingerprint density at radius 2 is 0.897 bits per heavy atom. The molecule has 0 saturated heterocycles. The van der Waals surface area contributed by atoms with Gasteiger partial charge in [-0.3, -0.25) is 0 Å². The quantitative estimate of drug-likeness (QED) is 0.110. The fraction of sp³-hybridized carbons (Fsp3) is 0.765. The van der Waals surface area contributed by atoms with Crippen LogP contribution in [-0.4, -0.2) is 71.8 Å². The van der Waals surface area contributed by atoms with E-state index >= 15 is 0 Å². The summed E-state index contributed by atoms with van der Waals surface area (Å²) in [6.07, 6.45) is -15.7. The van der Waals surface area contributed by atoms with Crippen molar-refractivity contribution in [1.82, 2.24) is 0 Å². The topological polar surface area (TPSA) is 36.9 Å². The Morgan fingerprint density at radius 3 is 1.03 bits per heavy atom. The lowest BCUT2D eigenvalue weighted by atomic mass is 10.3. The SMILES string of the molecule is C=CCCC(F)(F)F.C=CCF.FCC(F)(F)F.FCOCC(F)(F)F.FCOF.FOCOCC(F)(F)F. The highest BCUT2D eigenvalue weighted by molar-refractivity contribution is 4.68. The van der Waals surface area contributed by atoms with Gasteiger partial charge in [0.05, 0.1) is 0 Å². The maximum absolute atomic E-state index is 11.2. The van der Waals surface area contributed by atoms with Crippen LogP contribution in [0.2, 0.25) is 0 Å². The van der Waals surface area contributed by atoms with Crippen LogP contribution in [0, 0.1) is 0 Å². The molecule has 0 rings (SSSR count). The molecule has 0 aromatic carbocycles. The molecule has 0 bridgehead atoms. The van der Waals surface area contributed by atoms with Gasteiger partial charge in [-0.2, -0.15) is 62.6 Å². The molecule has 0 atom stereocenters. The summed E-state index contributed by atoms with van der Waals surface area (Å²) in [5.74, 6) is 0. The molecule has 0 aliphatic rings. The van der Waals surface area contributed by atoms with E-state index in [1.807, 2.05) is 0 Å². The summed E-state index contributed by atoms with van der Waals surface area (Å²) < 4.78 is 200. The zero-order chi connectivity index (χ0) is 32.6. The molecule has 0 aromatic heterocycles. The van der Waals surface area contributed by atoms with Crippen LogP contribution in [0.15, 0.2) is 25.3 Å². The molecule has 0 N–H and O–H groups in total. The summed E-state index contributed by atoms with van der Waals surface area (Å²) in [6, 6.07) is 0. The molecular formula is C17H24F18O4. The van der Waals surface area contributed by atoms with E-state index in [1.54, 1.807) is 0 Å². The first-order valence-electron chi connectivity index (χ1n) is 8.92. The highest BCUT2D eigenvalue weighted by Gasteiger charge is 2.28. The first kappa shape index (κ1) is 50.0. The number of hydrogen-bond donors (Lipinski definition) is 0. The van der Waals surface area contributed by atoms with Crippen LogP contribution < -0.4 is 0 Å². The van der Waals surface area contributed by atoms with Crippen LogP contribution in [0.25, 0.3) is 0 Å². The van der Waals surface area contributed by atoms with Crippen LogP contribution in [0.4, 0.5) is 79.3 Å². The van der Waals surface area contributed by atoms with E-state index in [9.17, 15) is 79.3 Å². The summed E-state index contributed by atoms with van der Waals surface area (Å²) >= 11 is 0. The third-order valence-corrected chi connectivity index (χ3v) is 1.67. The largest absolute Gasteiger partial charge is 0.416 e. The molecule has 0 unspecified atom stereocenters. The second-order valence-electron chi connectivity index (χ2n) is 5.12. The first-order valence-corrected chi connectivity index (χ1v) is 8.92. The smallest absolute Gasteiger partial charge is 0.342 e. The van der Waals surface area contributed by atoms with Gasteiger partial charge >= 0.3 is 24.7 Å². The van der Waals surface area contributed by atoms with Crippen molar-refractivity contribution in [2.75, 3.05) is 47.1 Å². The van der Waals surface area contributed by atoms with Crippen molar-refractivity contribution < 1.29 is 98.7 Å². The van der Waals surface area contributed by atoms with Gasteiger partial charge < -0.3 is 9.47 Å². The molecule has 22 heteroatoms. The third-order valence-electron chi connectivity index (χ3n) is 1.67. The summed E-state index contributed by atoms with van der Waals surface area (Å²) in [7, 11) is 0. The Kier molecular flexibility index (Phi) is 41.3. The van der Waals surface area contributed by atoms with Crippen LogP contribution in [-0.2, 0) is 19.4 Å². The minimum absolute atomic E-state index is 0.0174. The number of rotatable bonds is 9. The predicted octanol–water partition coefficient (Wildman–Crippen LogP) is 8.91. The Balaban J connectivity index is -0.0000000859. The molecule has 0 radical (unpaired) electrons. The maximum atomic E-state index is 11.2. The Labute approximate surface area is 209 Å². The number of alkyl halides is 16. The molecule has 0 amide bonds. The van der Waals surface area contributed by atoms with Gasteiger partial charge in [0.15, 0.2) is 20.3 Å². The van der Waals surface area contributed by atoms with E-state index in [0.717, 1.165) is 0 Å². The first-order chi connectivity index (χ1) is 17.6. The van der Waals surface area contributed by atoms with Crippen molar-refractivity contribution in [1.29, 1.82) is 0 Å². The normalized spacial score (nSPS) is 10.8. The molecule has 0 aromatic rings. The van der Waals surface area contributed by atoms with E-state index < -0.39 is 78.2 Å². The van der Waals surface area contributed by atoms with Crippen LogP contribution in [0.3, 0.4) is 0 Å². The van der Waals surface area contributed by atoms with Gasteiger partial charge in [-0.15, -0.1) is 13.2 Å². The van der Waals surface area contributed by atoms with Gasteiger partial charge in [-0.25, -0.2) is 17.6 Å². The van der Waals surface area contributed by atoms with Gasteiger partial charge in [-0.05, 0) is 15.5 Å². The van der Waals surface area contributed by atoms with Crippen molar-refractivity contribution in [2.45, 2.75) is 37.5 Å². The Morgan fingerprint density at radius 1 is 0.538 bits per heavy atom. The zero-order valence-corrected chi connectivity index (χ0v) is 19.4. The monoisotopic (exact) mass is 634 g/mol. The molecular weight excluding hydrogens is 610 g/mol. The van der Waals surface area contributed by atoms with Gasteiger partial charge in [0.2, 0.25) is 6.86 Å². The minimum atomic E-state index is -4.62. The highest BCUT2D eigenvalue weighted by atomic mass is 19.4. The molecule has 0 heterocycles. The summed E-state index contributed by atoms with van der Waals surface area (Å²) in [5, 5.41) is 0. The lowest BCUT2D eigenvalue weighted by Crippen LogP contribution is -2.17. The van der Waals surface area contributed by atoms with Crippen molar-refractivity contribution in [3.05, 3.63) is 25.3 Å². The van der Waals surface area contributed by atoms with Crippen molar-refractivity contribution >= 4 is 0 Å². The fourth-order valence-corrected chi connectivity index (χ4v) is 0.609. The van der Waals surface area contributed by atoms with Crippen LogP contribution >= 0.6 is 0 Å². The number of halogens is 18. The van der Waals surface area contributed by atoms with E-state index in [0.29, 0.717) is 0 Å². The number of hydrogen-bond acceptors (Lipinski definition) is 4. The maximum Gasteiger partial charge on any atom is 0.416 e. The van der Waals surface area contributed by atoms with E-state index in [2.05, 4.69) is 32.5 Å². The van der Waals surface area contributed by atoms with Gasteiger partial charge in [0.1, 0.15) is 19.9 Å². The molecule has 0 spiro atoms. The molecule has 4 nitrogen and oxygen atoms in total. The molecule has 242 valence electrons. The lowest BCUT2D eigenvalue weighted by Gasteiger charge is -2.03. The lowest BCUT2D eigenvalue weighted by molar-refractivity contribution is -0.249. The van der Waals surface area contributed by atoms with Crippen LogP contribution in [0.5, 0.6) is 0 Å². The molecule has 0 fully saturated rings. The molecule has 0 saturated carbocycles. The number of allylic oxidation sites excluding steroid dienone is 2. The van der Waals surface area contributed by atoms with Gasteiger partial charge in [0.25, 0.3) is 0 Å². The third kappa shape index (κ3) is 115. The average Bonchev–Trinajstić information content (AvgIpc) is 2.81. The van der Waals surface area contributed by atoms with E-state index in [4.69, 9.17) is 0 Å². The summed E-state index contributed by atoms with van der Waals surface area (Å²) in [5.41, 5.74) is 0. The summed E-state index contributed by atoms with van der Waals surface area (Å²) in [4.78, 5) is 5.09. The predicted molar refractivity (Wildman–Crippen MR) is 98.9 cm³/mol. The van der Waals surface area contributed by atoms with Crippen LogP contribution in [0.1, 0.15) is 12.8 Å². The Bertz CT molecular complexity index is 476. The van der Waals surface area contributed by atoms with Crippen molar-refractivity contribution in [2.24, 2.45) is 0 Å². The van der Waals surface area contributed by atoms with Gasteiger partial charge in [0, 0.05) is 6.42 Å². The van der Waals surface area contributed by atoms with Gasteiger partial charge in [-0.1, -0.05) is 12.2 Å². The molecule has 0 aliphatic carbocycles. The Hall–Kier alpha value is -1.94. The second kappa shape index (κ2) is 32.3.